The van der Waals surface area contributed by atoms with Crippen LogP contribution in [0.1, 0.15) is 21.6 Å². The van der Waals surface area contributed by atoms with Gasteiger partial charge in [-0.3, -0.25) is 4.79 Å². The lowest BCUT2D eigenvalue weighted by molar-refractivity contribution is -0.140. The van der Waals surface area contributed by atoms with Gasteiger partial charge in [-0.1, -0.05) is 43.9 Å². The van der Waals surface area contributed by atoms with Crippen molar-refractivity contribution in [1.82, 2.24) is 29.1 Å². The van der Waals surface area contributed by atoms with Gasteiger partial charge in [-0.05, 0) is 18.2 Å². The van der Waals surface area contributed by atoms with Crippen LogP contribution in [0.15, 0.2) is 61.2 Å². The molecule has 0 spiro atoms. The summed E-state index contributed by atoms with van der Waals surface area (Å²) in [7, 11) is 1.70. The number of pyridine rings is 1. The fraction of sp³-hybridized carbons (Fsp3) is 0.300. The Morgan fingerprint density at radius 3 is 2.42 bits per heavy atom. The number of alkyl halides is 3. The van der Waals surface area contributed by atoms with E-state index in [-0.39, 0.29) is 18.3 Å². The number of hydrogen-bond acceptors (Lipinski definition) is 7. The van der Waals surface area contributed by atoms with E-state index in [1.165, 1.54) is 18.7 Å². The molecule has 0 aliphatic rings. The molecule has 0 bridgehead atoms. The number of halogens is 3. The molecule has 0 aliphatic heterocycles. The largest absolute Gasteiger partial charge is 0.480 e. The number of aromatic nitrogens is 6. The van der Waals surface area contributed by atoms with Crippen LogP contribution in [0.3, 0.4) is 0 Å². The second kappa shape index (κ2) is 11.7. The van der Waals surface area contributed by atoms with Crippen molar-refractivity contribution in [2.24, 2.45) is 7.05 Å². The standard InChI is InChI=1S/C30H31F3N6O3Si/c1-38-17-24(30(31,32)33)36-28(38)20-10-8-19(9-11-20)26(40)22-16-39(18-42-13-14-43(3,4)5)23-15-35-27(37-25(22)23)21-7-6-12-34-29(21)41-2/h6-12,15-17H,13-14,18H2,1-5H3. The topological polar surface area (TPSA) is 97.0 Å². The molecule has 5 rings (SSSR count). The lowest BCUT2D eigenvalue weighted by Gasteiger charge is -2.15. The van der Waals surface area contributed by atoms with Gasteiger partial charge in [0.25, 0.3) is 0 Å². The first kappa shape index (κ1) is 30.1. The summed E-state index contributed by atoms with van der Waals surface area (Å²) in [5, 5.41) is 0. The van der Waals surface area contributed by atoms with E-state index in [0.717, 1.165) is 12.2 Å². The van der Waals surface area contributed by atoms with E-state index >= 15 is 0 Å². The highest BCUT2D eigenvalue weighted by molar-refractivity contribution is 6.76. The van der Waals surface area contributed by atoms with Crippen molar-refractivity contribution in [3.63, 3.8) is 0 Å². The van der Waals surface area contributed by atoms with Gasteiger partial charge in [-0.2, -0.15) is 13.2 Å². The number of ether oxygens (including phenoxy) is 2. The number of rotatable bonds is 10. The Morgan fingerprint density at radius 2 is 1.77 bits per heavy atom. The third-order valence-corrected chi connectivity index (χ3v) is 8.57. The molecule has 0 N–H and O–H groups in total. The maximum absolute atomic E-state index is 13.8. The summed E-state index contributed by atoms with van der Waals surface area (Å²) in [5.41, 5.74) is 1.75. The van der Waals surface area contributed by atoms with E-state index in [9.17, 15) is 18.0 Å². The van der Waals surface area contributed by atoms with Crippen LogP contribution in [-0.2, 0) is 24.7 Å². The zero-order chi connectivity index (χ0) is 30.9. The molecular weight excluding hydrogens is 577 g/mol. The number of imidazole rings is 1. The number of carbonyl (C=O) groups is 1. The molecule has 0 unspecified atom stereocenters. The maximum Gasteiger partial charge on any atom is 0.434 e. The van der Waals surface area contributed by atoms with Gasteiger partial charge in [0, 0.05) is 51.4 Å². The summed E-state index contributed by atoms with van der Waals surface area (Å²) in [6, 6.07) is 10.8. The average molecular weight is 609 g/mol. The summed E-state index contributed by atoms with van der Waals surface area (Å²) in [4.78, 5) is 31.1. The zero-order valence-electron chi connectivity index (χ0n) is 24.4. The van der Waals surface area contributed by atoms with Gasteiger partial charge in [-0.25, -0.2) is 19.9 Å². The quantitative estimate of drug-likeness (QED) is 0.102. The van der Waals surface area contributed by atoms with Gasteiger partial charge in [0.15, 0.2) is 17.3 Å². The maximum atomic E-state index is 13.8. The van der Waals surface area contributed by atoms with Crippen molar-refractivity contribution in [1.29, 1.82) is 0 Å². The molecule has 0 aliphatic carbocycles. The lowest BCUT2D eigenvalue weighted by Crippen LogP contribution is -2.22. The van der Waals surface area contributed by atoms with Crippen LogP contribution < -0.4 is 4.74 Å². The van der Waals surface area contributed by atoms with Gasteiger partial charge in [-0.15, -0.1) is 0 Å². The molecule has 0 atom stereocenters. The molecule has 4 aromatic heterocycles. The van der Waals surface area contributed by atoms with Gasteiger partial charge in [0.2, 0.25) is 5.88 Å². The molecule has 0 fully saturated rings. The molecule has 1 aromatic carbocycles. The predicted octanol–water partition coefficient (Wildman–Crippen LogP) is 6.46. The average Bonchev–Trinajstić information content (AvgIpc) is 3.55. The number of fused-ring (bicyclic) bond motifs is 1. The van der Waals surface area contributed by atoms with Gasteiger partial charge >= 0.3 is 6.18 Å². The van der Waals surface area contributed by atoms with Crippen molar-refractivity contribution < 1.29 is 27.4 Å². The van der Waals surface area contributed by atoms with Crippen LogP contribution >= 0.6 is 0 Å². The first-order chi connectivity index (χ1) is 20.4. The molecule has 5 aromatic rings. The minimum atomic E-state index is -4.56. The van der Waals surface area contributed by atoms with Gasteiger partial charge < -0.3 is 18.6 Å². The number of aryl methyl sites for hydroxylation is 1. The Morgan fingerprint density at radius 1 is 1.02 bits per heavy atom. The molecule has 224 valence electrons. The van der Waals surface area contributed by atoms with Crippen LogP contribution in [0.25, 0.3) is 33.8 Å². The van der Waals surface area contributed by atoms with E-state index in [0.29, 0.717) is 51.6 Å². The molecule has 9 nitrogen and oxygen atoms in total. The van der Waals surface area contributed by atoms with Crippen molar-refractivity contribution >= 4 is 24.9 Å². The van der Waals surface area contributed by atoms with Crippen molar-refractivity contribution in [3.8, 4) is 28.7 Å². The van der Waals surface area contributed by atoms with Gasteiger partial charge in [0.05, 0.1) is 30.0 Å². The van der Waals surface area contributed by atoms with Crippen LogP contribution in [0, 0.1) is 0 Å². The number of methoxy groups -OCH3 is 1. The molecule has 4 heterocycles. The second-order valence-corrected chi connectivity index (χ2v) is 16.9. The molecule has 13 heteroatoms. The number of nitrogens with zero attached hydrogens (tertiary/aromatic N) is 6. The summed E-state index contributed by atoms with van der Waals surface area (Å²) < 4.78 is 53.9. The molecule has 0 saturated carbocycles. The van der Waals surface area contributed by atoms with Crippen molar-refractivity contribution in [2.45, 2.75) is 38.6 Å². The highest BCUT2D eigenvalue weighted by atomic mass is 28.3. The normalized spacial score (nSPS) is 12.2. The summed E-state index contributed by atoms with van der Waals surface area (Å²) >= 11 is 0. The Kier molecular flexibility index (Phi) is 8.21. The zero-order valence-corrected chi connectivity index (χ0v) is 25.4. The smallest absolute Gasteiger partial charge is 0.434 e. The number of ketones is 1. The van der Waals surface area contributed by atoms with Crippen LogP contribution in [0.5, 0.6) is 5.88 Å². The first-order valence-electron chi connectivity index (χ1n) is 13.5. The highest BCUT2D eigenvalue weighted by Crippen LogP contribution is 2.32. The minimum Gasteiger partial charge on any atom is -0.480 e. The molecule has 0 radical (unpaired) electrons. The fourth-order valence-corrected chi connectivity index (χ4v) is 5.29. The summed E-state index contributed by atoms with van der Waals surface area (Å²) in [6.45, 7) is 7.62. The van der Waals surface area contributed by atoms with Gasteiger partial charge in [0.1, 0.15) is 18.1 Å². The van der Waals surface area contributed by atoms with E-state index < -0.39 is 19.9 Å². The molecular formula is C30H31F3N6O3Si. The van der Waals surface area contributed by atoms with E-state index in [4.69, 9.17) is 14.5 Å². The van der Waals surface area contributed by atoms with Crippen molar-refractivity contribution in [2.75, 3.05) is 13.7 Å². The first-order valence-corrected chi connectivity index (χ1v) is 17.2. The second-order valence-electron chi connectivity index (χ2n) is 11.3. The fourth-order valence-electron chi connectivity index (χ4n) is 4.54. The summed E-state index contributed by atoms with van der Waals surface area (Å²) in [6.07, 6.45) is 1.32. The highest BCUT2D eigenvalue weighted by Gasteiger charge is 2.34. The lowest BCUT2D eigenvalue weighted by atomic mass is 10.0. The Balaban J connectivity index is 1.51. The number of benzene rings is 1. The van der Waals surface area contributed by atoms with E-state index in [1.54, 1.807) is 59.6 Å². The molecule has 0 saturated heterocycles. The monoisotopic (exact) mass is 608 g/mol. The number of carbonyl (C=O) groups excluding carboxylic acids is 1. The van der Waals surface area contributed by atoms with Crippen LogP contribution in [0.4, 0.5) is 13.2 Å². The van der Waals surface area contributed by atoms with Crippen LogP contribution in [0.2, 0.25) is 25.7 Å². The molecule has 0 amide bonds. The van der Waals surface area contributed by atoms with E-state index in [1.807, 2.05) is 0 Å². The predicted molar refractivity (Wildman–Crippen MR) is 158 cm³/mol. The molecule has 43 heavy (non-hydrogen) atoms. The Hall–Kier alpha value is -4.36. The minimum absolute atomic E-state index is 0.140. The van der Waals surface area contributed by atoms with Crippen molar-refractivity contribution in [3.05, 3.63) is 78.0 Å². The Labute approximate surface area is 247 Å². The Bertz CT molecular complexity index is 1780. The third-order valence-electron chi connectivity index (χ3n) is 6.87. The van der Waals surface area contributed by atoms with Crippen LogP contribution in [-0.4, -0.2) is 56.6 Å². The summed E-state index contributed by atoms with van der Waals surface area (Å²) in [5.74, 6) is 0.522. The number of hydrogen-bond donors (Lipinski definition) is 0. The third kappa shape index (κ3) is 6.52. The SMILES string of the molecule is COc1ncccc1-c1ncc2c(n1)c(C(=O)c1ccc(-c3nc(C(F)(F)F)cn3C)cc1)cn2COCC[Si](C)(C)C. The van der Waals surface area contributed by atoms with E-state index in [2.05, 4.69) is 34.6 Å².